The normalized spacial score (nSPS) is 17.2. The molecule has 1 aliphatic rings. The van der Waals surface area contributed by atoms with Crippen molar-refractivity contribution in [2.75, 3.05) is 41.5 Å². The molecule has 0 bridgehead atoms. The number of hydrogen-bond donors (Lipinski definition) is 0. The van der Waals surface area contributed by atoms with Gasteiger partial charge in [0.15, 0.2) is 0 Å². The highest BCUT2D eigenvalue weighted by Gasteiger charge is 2.30. The molecule has 0 fully saturated rings. The van der Waals surface area contributed by atoms with Crippen LogP contribution in [-0.2, 0) is 9.53 Å². The van der Waals surface area contributed by atoms with E-state index >= 15 is 0 Å². The van der Waals surface area contributed by atoms with Gasteiger partial charge in [-0.15, -0.1) is 0 Å². The number of unbranched alkanes of at least 4 members (excludes halogenated alkanes) is 2. The first-order valence-electron chi connectivity index (χ1n) is 9.42. The quantitative estimate of drug-likeness (QED) is 0.485. The summed E-state index contributed by atoms with van der Waals surface area (Å²) in [4.78, 5) is 14.4. The van der Waals surface area contributed by atoms with Crippen LogP contribution in [0.1, 0.15) is 38.2 Å². The molecule has 0 N–H and O–H groups in total. The summed E-state index contributed by atoms with van der Waals surface area (Å²) in [5.74, 6) is 1.75. The zero-order valence-corrected chi connectivity index (χ0v) is 17.0. The van der Waals surface area contributed by atoms with Gasteiger partial charge in [-0.05, 0) is 13.5 Å². The molecule has 0 saturated heterocycles. The average molecular weight is 377 g/mol. The highest BCUT2D eigenvalue weighted by Crippen LogP contribution is 2.41. The molecule has 150 valence electrons. The van der Waals surface area contributed by atoms with Crippen molar-refractivity contribution >= 4 is 11.5 Å². The average Bonchev–Trinajstić information content (AvgIpc) is 2.67. The number of rotatable bonds is 9. The Kier molecular flexibility index (Phi) is 7.98. The molecule has 0 aromatic heterocycles. The topological polar surface area (TPSA) is 57.2 Å². The molecule has 0 aliphatic carbocycles. The van der Waals surface area contributed by atoms with Gasteiger partial charge in [0.05, 0.1) is 26.9 Å². The zero-order chi connectivity index (χ0) is 19.8. The molecule has 0 radical (unpaired) electrons. The molecular formula is C21H31NO5. The van der Waals surface area contributed by atoms with Gasteiger partial charge in [-0.3, -0.25) is 9.69 Å². The summed E-state index contributed by atoms with van der Waals surface area (Å²) in [5, 5.41) is 0. The largest absolute Gasteiger partial charge is 0.496 e. The lowest BCUT2D eigenvalue weighted by Crippen LogP contribution is -2.37. The van der Waals surface area contributed by atoms with E-state index in [0.717, 1.165) is 36.9 Å². The van der Waals surface area contributed by atoms with Crippen LogP contribution in [0.4, 0.5) is 0 Å². The first kappa shape index (κ1) is 21.1. The van der Waals surface area contributed by atoms with Crippen LogP contribution in [-0.4, -0.2) is 58.4 Å². The van der Waals surface area contributed by atoms with Crippen LogP contribution in [0.3, 0.4) is 0 Å². The van der Waals surface area contributed by atoms with Crippen LogP contribution in [0.25, 0.3) is 5.57 Å². The van der Waals surface area contributed by atoms with Gasteiger partial charge < -0.3 is 18.9 Å². The summed E-state index contributed by atoms with van der Waals surface area (Å²) < 4.78 is 22.3. The Balaban J connectivity index is 2.34. The third kappa shape index (κ3) is 5.39. The summed E-state index contributed by atoms with van der Waals surface area (Å²) >= 11 is 0. The third-order valence-electron chi connectivity index (χ3n) is 4.71. The Morgan fingerprint density at radius 2 is 1.78 bits per heavy atom. The molecule has 27 heavy (non-hydrogen) atoms. The maximum atomic E-state index is 12.3. The molecule has 0 unspecified atom stereocenters. The van der Waals surface area contributed by atoms with Gasteiger partial charge in [-0.2, -0.15) is 0 Å². The zero-order valence-electron chi connectivity index (χ0n) is 17.0. The van der Waals surface area contributed by atoms with Crippen molar-refractivity contribution in [2.45, 2.75) is 38.7 Å². The molecule has 0 amide bonds. The Bertz CT molecular complexity index is 646. The second-order valence-electron chi connectivity index (χ2n) is 6.72. The fourth-order valence-electron chi connectivity index (χ4n) is 3.23. The number of carbonyl (C=O) groups excluding carboxylic acids is 1. The van der Waals surface area contributed by atoms with Crippen LogP contribution < -0.4 is 14.2 Å². The third-order valence-corrected chi connectivity index (χ3v) is 4.71. The molecule has 0 saturated carbocycles. The molecule has 1 aromatic carbocycles. The molecular weight excluding hydrogens is 346 g/mol. The van der Waals surface area contributed by atoms with Crippen molar-refractivity contribution in [2.24, 2.45) is 0 Å². The number of hydrogen-bond acceptors (Lipinski definition) is 6. The van der Waals surface area contributed by atoms with Crippen molar-refractivity contribution in [3.8, 4) is 17.2 Å². The van der Waals surface area contributed by atoms with Crippen LogP contribution in [0.5, 0.6) is 17.2 Å². The van der Waals surface area contributed by atoms with Crippen LogP contribution in [0, 0.1) is 0 Å². The van der Waals surface area contributed by atoms with E-state index in [1.54, 1.807) is 21.3 Å². The van der Waals surface area contributed by atoms with Crippen molar-refractivity contribution in [1.29, 1.82) is 0 Å². The number of benzene rings is 1. The first-order chi connectivity index (χ1) is 13.0. The summed E-state index contributed by atoms with van der Waals surface area (Å²) in [6.45, 7) is 3.51. The number of nitrogens with zero attached hydrogens (tertiary/aromatic N) is 1. The molecule has 0 spiro atoms. The van der Waals surface area contributed by atoms with Crippen molar-refractivity contribution in [3.05, 3.63) is 23.8 Å². The van der Waals surface area contributed by atoms with Gasteiger partial charge in [0.2, 0.25) is 0 Å². The maximum absolute atomic E-state index is 12.3. The van der Waals surface area contributed by atoms with Gasteiger partial charge in [-0.1, -0.05) is 25.8 Å². The highest BCUT2D eigenvalue weighted by molar-refractivity contribution is 5.81. The summed E-state index contributed by atoms with van der Waals surface area (Å²) in [6, 6.07) is 3.63. The summed E-state index contributed by atoms with van der Waals surface area (Å²) in [5.41, 5.74) is 1.72. The van der Waals surface area contributed by atoms with Crippen molar-refractivity contribution in [3.63, 3.8) is 0 Å². The monoisotopic (exact) mass is 377 g/mol. The minimum atomic E-state index is -0.367. The van der Waals surface area contributed by atoms with E-state index in [9.17, 15) is 4.79 Å². The van der Waals surface area contributed by atoms with Gasteiger partial charge in [-0.25, -0.2) is 0 Å². The van der Waals surface area contributed by atoms with E-state index in [2.05, 4.69) is 17.9 Å². The van der Waals surface area contributed by atoms with E-state index < -0.39 is 0 Å². The Morgan fingerprint density at radius 3 is 2.33 bits per heavy atom. The minimum absolute atomic E-state index is 0.166. The number of esters is 1. The van der Waals surface area contributed by atoms with Crippen molar-refractivity contribution < 1.29 is 23.7 Å². The molecule has 6 heteroatoms. The second kappa shape index (κ2) is 10.2. The van der Waals surface area contributed by atoms with E-state index in [-0.39, 0.29) is 12.1 Å². The standard InChI is InChI=1S/C21H31NO5/c1-6-7-8-9-20(23)27-19-14-22(2)11-10-16(19)21-17(25-4)12-15(24-3)13-18(21)26-5/h10,12-13,19H,6-9,11,14H2,1-5H3/t19-/m0/s1. The van der Waals surface area contributed by atoms with Crippen molar-refractivity contribution in [1.82, 2.24) is 4.90 Å². The second-order valence-corrected chi connectivity index (χ2v) is 6.72. The predicted octanol–water partition coefficient (Wildman–Crippen LogP) is 3.53. The maximum Gasteiger partial charge on any atom is 0.306 e. The van der Waals surface area contributed by atoms with E-state index in [1.165, 1.54) is 0 Å². The van der Waals surface area contributed by atoms with E-state index in [4.69, 9.17) is 18.9 Å². The molecule has 1 aliphatic heterocycles. The Labute approximate surface area is 162 Å². The molecule has 1 aromatic rings. The Morgan fingerprint density at radius 1 is 1.11 bits per heavy atom. The predicted molar refractivity (Wildman–Crippen MR) is 106 cm³/mol. The lowest BCUT2D eigenvalue weighted by atomic mass is 9.94. The summed E-state index contributed by atoms with van der Waals surface area (Å²) in [6.07, 6.45) is 5.10. The van der Waals surface area contributed by atoms with E-state index in [1.807, 2.05) is 19.2 Å². The van der Waals surface area contributed by atoms with Gasteiger partial charge in [0.25, 0.3) is 0 Å². The molecule has 2 rings (SSSR count). The lowest BCUT2D eigenvalue weighted by molar-refractivity contribution is -0.147. The smallest absolute Gasteiger partial charge is 0.306 e. The SMILES string of the molecule is CCCCCC(=O)O[C@H]1CN(C)CC=C1c1c(OC)cc(OC)cc1OC. The fraction of sp³-hybridized carbons (Fsp3) is 0.571. The van der Waals surface area contributed by atoms with Crippen LogP contribution in [0.2, 0.25) is 0 Å². The van der Waals surface area contributed by atoms with Crippen LogP contribution in [0.15, 0.2) is 18.2 Å². The summed E-state index contributed by atoms with van der Waals surface area (Å²) in [7, 11) is 6.83. The first-order valence-corrected chi connectivity index (χ1v) is 9.42. The fourth-order valence-corrected chi connectivity index (χ4v) is 3.23. The van der Waals surface area contributed by atoms with E-state index in [0.29, 0.717) is 30.2 Å². The van der Waals surface area contributed by atoms with Gasteiger partial charge in [0.1, 0.15) is 23.4 Å². The number of carbonyl (C=O) groups is 1. The molecule has 1 atom stereocenters. The number of ether oxygens (including phenoxy) is 4. The highest BCUT2D eigenvalue weighted by atomic mass is 16.5. The lowest BCUT2D eigenvalue weighted by Gasteiger charge is -2.31. The Hall–Kier alpha value is -2.21. The van der Waals surface area contributed by atoms with Crippen LogP contribution >= 0.6 is 0 Å². The molecule has 1 heterocycles. The van der Waals surface area contributed by atoms with Gasteiger partial charge in [0, 0.05) is 37.2 Å². The number of methoxy groups -OCH3 is 3. The minimum Gasteiger partial charge on any atom is -0.496 e. The number of likely N-dealkylation sites (N-methyl/N-ethyl adjacent to an activating group) is 1. The van der Waals surface area contributed by atoms with Gasteiger partial charge >= 0.3 is 5.97 Å². The molecule has 6 nitrogen and oxygen atoms in total.